The Bertz CT molecular complexity index is 1130. The first-order chi connectivity index (χ1) is 12.1. The molecular weight excluding hydrogens is 358 g/mol. The minimum absolute atomic E-state index is 0.200. The van der Waals surface area contributed by atoms with Crippen molar-refractivity contribution < 1.29 is 0 Å². The molecule has 3 aromatic rings. The smallest absolute Gasteiger partial charge is 0.257 e. The number of aromatic nitrogens is 4. The van der Waals surface area contributed by atoms with Gasteiger partial charge in [-0.3, -0.25) is 14.6 Å². The van der Waals surface area contributed by atoms with Crippen LogP contribution in [0.15, 0.2) is 39.9 Å². The molecule has 1 aliphatic heterocycles. The van der Waals surface area contributed by atoms with E-state index in [1.165, 1.54) is 0 Å². The number of H-pyrrole nitrogens is 3. The summed E-state index contributed by atoms with van der Waals surface area (Å²) < 4.78 is 0.200. The minimum Gasteiger partial charge on any atom is -0.326 e. The first-order valence-corrected chi connectivity index (χ1v) is 8.55. The molecule has 25 heavy (non-hydrogen) atoms. The van der Waals surface area contributed by atoms with Gasteiger partial charge >= 0.3 is 0 Å². The topological polar surface area (TPSA) is 106 Å². The van der Waals surface area contributed by atoms with Gasteiger partial charge in [0.05, 0.1) is 17.0 Å². The number of hydrogen-bond donors (Lipinski definition) is 5. The third-order valence-electron chi connectivity index (χ3n) is 4.09. The fraction of sp³-hybridized carbons (Fsp3) is 0.125. The molecule has 0 amide bonds. The van der Waals surface area contributed by atoms with Crippen molar-refractivity contribution in [1.82, 2.24) is 19.9 Å². The molecule has 0 bridgehead atoms. The van der Waals surface area contributed by atoms with Crippen molar-refractivity contribution in [3.63, 3.8) is 0 Å². The summed E-state index contributed by atoms with van der Waals surface area (Å²) in [6, 6.07) is 9.34. The number of anilines is 2. The van der Waals surface area contributed by atoms with E-state index in [-0.39, 0.29) is 15.9 Å². The molecule has 1 atom stereocenters. The van der Waals surface area contributed by atoms with E-state index >= 15 is 0 Å². The van der Waals surface area contributed by atoms with Crippen molar-refractivity contribution in [2.45, 2.75) is 11.7 Å². The van der Waals surface area contributed by atoms with Crippen LogP contribution < -0.4 is 16.4 Å². The molecule has 7 nitrogen and oxygen atoms in total. The lowest BCUT2D eigenvalue weighted by Gasteiger charge is -2.27. The number of fused-ring (bicyclic) bond motifs is 2. The minimum atomic E-state index is -0.562. The van der Waals surface area contributed by atoms with Crippen LogP contribution in [0, 0.1) is 4.77 Å². The van der Waals surface area contributed by atoms with Gasteiger partial charge in [0.25, 0.3) is 11.1 Å². The Morgan fingerprint density at radius 1 is 1.04 bits per heavy atom. The third-order valence-corrected chi connectivity index (χ3v) is 4.59. The Morgan fingerprint density at radius 3 is 2.48 bits per heavy atom. The molecule has 0 aliphatic carbocycles. The van der Waals surface area contributed by atoms with Crippen molar-refractivity contribution in [3.05, 3.63) is 78.3 Å². The normalized spacial score (nSPS) is 15.2. The molecule has 1 unspecified atom stereocenters. The van der Waals surface area contributed by atoms with Gasteiger partial charge in [0.1, 0.15) is 17.5 Å². The molecule has 4 N–H and O–H groups in total. The van der Waals surface area contributed by atoms with E-state index in [1.54, 1.807) is 0 Å². The van der Waals surface area contributed by atoms with Gasteiger partial charge in [-0.1, -0.05) is 30.3 Å². The van der Waals surface area contributed by atoms with E-state index in [2.05, 4.69) is 37.9 Å². The first-order valence-electron chi connectivity index (χ1n) is 7.51. The maximum atomic E-state index is 12.7. The molecule has 4 rings (SSSR count). The van der Waals surface area contributed by atoms with Gasteiger partial charge in [0.2, 0.25) is 0 Å². The highest BCUT2D eigenvalue weighted by molar-refractivity contribution is 7.79. The molecular formula is C16H13N5O2S2. The Balaban J connectivity index is 2.08. The van der Waals surface area contributed by atoms with Gasteiger partial charge in [0, 0.05) is 5.75 Å². The van der Waals surface area contributed by atoms with Crippen LogP contribution in [0.25, 0.3) is 0 Å². The zero-order chi connectivity index (χ0) is 17.6. The van der Waals surface area contributed by atoms with E-state index in [1.807, 2.05) is 30.3 Å². The molecule has 0 fully saturated rings. The average molecular weight is 371 g/mol. The number of thiol groups is 1. The van der Waals surface area contributed by atoms with Crippen LogP contribution in [-0.2, 0) is 5.75 Å². The summed E-state index contributed by atoms with van der Waals surface area (Å²) in [5.74, 6) is 1.01. The highest BCUT2D eigenvalue weighted by Gasteiger charge is 2.33. The van der Waals surface area contributed by atoms with Gasteiger partial charge in [0.15, 0.2) is 4.77 Å². The Hall–Kier alpha value is -2.65. The van der Waals surface area contributed by atoms with Gasteiger partial charge in [-0.15, -0.1) is 0 Å². The molecule has 1 aromatic carbocycles. The second-order valence-electron chi connectivity index (χ2n) is 5.60. The summed E-state index contributed by atoms with van der Waals surface area (Å²) in [7, 11) is 0. The lowest BCUT2D eigenvalue weighted by atomic mass is 9.84. The summed E-state index contributed by atoms with van der Waals surface area (Å²) in [6.07, 6.45) is 0. The van der Waals surface area contributed by atoms with Crippen LogP contribution in [0.4, 0.5) is 11.6 Å². The summed E-state index contributed by atoms with van der Waals surface area (Å²) in [6.45, 7) is 0. The summed E-state index contributed by atoms with van der Waals surface area (Å²) in [4.78, 5) is 38.0. The van der Waals surface area contributed by atoms with Gasteiger partial charge in [-0.2, -0.15) is 12.6 Å². The van der Waals surface area contributed by atoms with Crippen LogP contribution in [0.3, 0.4) is 0 Å². The zero-order valence-electron chi connectivity index (χ0n) is 12.8. The molecule has 2 aromatic heterocycles. The summed E-state index contributed by atoms with van der Waals surface area (Å²) in [5, 5.41) is 3.03. The van der Waals surface area contributed by atoms with E-state index in [0.717, 1.165) is 5.56 Å². The zero-order valence-corrected chi connectivity index (χ0v) is 14.5. The molecule has 3 heterocycles. The summed E-state index contributed by atoms with van der Waals surface area (Å²) in [5.41, 5.74) is 0.957. The SMILES string of the molecule is O=c1[nH]c(CS)nc2c1C(c1ccccc1)c1c([nH]c(=S)[nH]c1=O)N2. The Kier molecular flexibility index (Phi) is 3.81. The average Bonchev–Trinajstić information content (AvgIpc) is 2.60. The first kappa shape index (κ1) is 15.9. The lowest BCUT2D eigenvalue weighted by Crippen LogP contribution is -2.31. The third kappa shape index (κ3) is 2.61. The number of nitrogens with zero attached hydrogens (tertiary/aromatic N) is 1. The van der Waals surface area contributed by atoms with E-state index in [0.29, 0.717) is 34.3 Å². The second-order valence-corrected chi connectivity index (χ2v) is 6.32. The van der Waals surface area contributed by atoms with Gasteiger partial charge in [-0.25, -0.2) is 4.98 Å². The van der Waals surface area contributed by atoms with Crippen LogP contribution in [0.2, 0.25) is 0 Å². The molecule has 126 valence electrons. The highest BCUT2D eigenvalue weighted by Crippen LogP contribution is 2.39. The Labute approximate surface area is 152 Å². The van der Waals surface area contributed by atoms with E-state index in [9.17, 15) is 9.59 Å². The fourth-order valence-electron chi connectivity index (χ4n) is 3.08. The van der Waals surface area contributed by atoms with Crippen LogP contribution in [0.1, 0.15) is 28.4 Å². The maximum absolute atomic E-state index is 12.7. The lowest BCUT2D eigenvalue weighted by molar-refractivity contribution is 0.848. The number of benzene rings is 1. The highest BCUT2D eigenvalue weighted by atomic mass is 32.1. The maximum Gasteiger partial charge on any atom is 0.257 e. The van der Waals surface area contributed by atoms with Gasteiger partial charge in [-0.05, 0) is 17.8 Å². The predicted octanol–water partition coefficient (Wildman–Crippen LogP) is 2.18. The van der Waals surface area contributed by atoms with Crippen molar-refractivity contribution in [2.75, 3.05) is 5.32 Å². The molecule has 0 saturated carbocycles. The number of hydrogen-bond acceptors (Lipinski definition) is 6. The number of aromatic amines is 3. The predicted molar refractivity (Wildman–Crippen MR) is 100 cm³/mol. The Morgan fingerprint density at radius 2 is 1.76 bits per heavy atom. The second kappa shape index (κ2) is 6.01. The largest absolute Gasteiger partial charge is 0.326 e. The molecule has 0 spiro atoms. The van der Waals surface area contributed by atoms with Crippen LogP contribution in [-0.4, -0.2) is 19.9 Å². The summed E-state index contributed by atoms with van der Waals surface area (Å²) >= 11 is 9.23. The quantitative estimate of drug-likeness (QED) is 0.274. The van der Waals surface area contributed by atoms with Crippen molar-refractivity contribution in [1.29, 1.82) is 0 Å². The number of rotatable bonds is 2. The van der Waals surface area contributed by atoms with E-state index in [4.69, 9.17) is 12.2 Å². The molecule has 0 saturated heterocycles. The number of nitrogens with one attached hydrogen (secondary N) is 4. The fourth-order valence-corrected chi connectivity index (χ4v) is 3.42. The van der Waals surface area contributed by atoms with Crippen LogP contribution >= 0.6 is 24.8 Å². The van der Waals surface area contributed by atoms with Crippen LogP contribution in [0.5, 0.6) is 0 Å². The van der Waals surface area contributed by atoms with E-state index < -0.39 is 5.92 Å². The molecule has 0 radical (unpaired) electrons. The van der Waals surface area contributed by atoms with Crippen molar-refractivity contribution >= 4 is 36.5 Å². The van der Waals surface area contributed by atoms with Gasteiger partial charge < -0.3 is 15.3 Å². The standard InChI is InChI=1S/C16H13N5O2S2/c22-14-10-9(7-4-2-1-3-5-7)11-13(20-16(25)21-15(11)23)19-12(10)17-8(6-24)18-14/h1-5,9,24H,6H2,(H4,17,18,19,20,21,22,23,25). The van der Waals surface area contributed by atoms with Crippen molar-refractivity contribution in [2.24, 2.45) is 0 Å². The molecule has 1 aliphatic rings. The van der Waals surface area contributed by atoms with Crippen molar-refractivity contribution in [3.8, 4) is 0 Å². The monoisotopic (exact) mass is 371 g/mol. The molecule has 9 heteroatoms.